The lowest BCUT2D eigenvalue weighted by Crippen LogP contribution is -2.01. The first-order chi connectivity index (χ1) is 10.2. The van der Waals surface area contributed by atoms with E-state index in [1.165, 1.54) is 0 Å². The van der Waals surface area contributed by atoms with Gasteiger partial charge in [0, 0.05) is 24.2 Å². The number of methoxy groups -OCH3 is 1. The number of ether oxygens (including phenoxy) is 3. The van der Waals surface area contributed by atoms with Gasteiger partial charge in [-0.2, -0.15) is 0 Å². The monoisotopic (exact) mass is 307 g/mol. The molecule has 3 rings (SSSR count). The predicted octanol–water partition coefficient (Wildman–Crippen LogP) is 3.40. The highest BCUT2D eigenvalue weighted by atomic mass is 35.5. The third-order valence-corrected chi connectivity index (χ3v) is 3.55. The molecule has 2 N–H and O–H groups in total. The van der Waals surface area contributed by atoms with Gasteiger partial charge in [0.1, 0.15) is 11.5 Å². The molecule has 0 aromatic heterocycles. The van der Waals surface area contributed by atoms with Gasteiger partial charge in [-0.05, 0) is 18.2 Å². The van der Waals surface area contributed by atoms with E-state index < -0.39 is 0 Å². The Kier molecular flexibility index (Phi) is 3.66. The van der Waals surface area contributed by atoms with Gasteiger partial charge >= 0.3 is 0 Å². The van der Waals surface area contributed by atoms with Gasteiger partial charge in [-0.1, -0.05) is 11.6 Å². The van der Waals surface area contributed by atoms with Gasteiger partial charge in [-0.25, -0.2) is 0 Å². The number of fused-ring (bicyclic) bond motifs is 1. The summed E-state index contributed by atoms with van der Waals surface area (Å²) in [7, 11) is 1.59. The molecule has 0 aliphatic carbocycles. The molecule has 0 radical (unpaired) electrons. The van der Waals surface area contributed by atoms with Crippen LogP contribution in [-0.4, -0.2) is 19.0 Å². The highest BCUT2D eigenvalue weighted by molar-refractivity contribution is 6.33. The first-order valence-electron chi connectivity index (χ1n) is 6.36. The van der Waals surface area contributed by atoms with Crippen molar-refractivity contribution < 1.29 is 19.3 Å². The molecule has 0 fully saturated rings. The average Bonchev–Trinajstić information content (AvgIpc) is 2.93. The number of phenolic OH excluding ortho intramolecular Hbond substituents is 1. The molecule has 110 valence electrons. The van der Waals surface area contributed by atoms with Gasteiger partial charge in [0.05, 0.1) is 17.8 Å². The van der Waals surface area contributed by atoms with E-state index in [1.54, 1.807) is 37.4 Å². The van der Waals surface area contributed by atoms with Crippen LogP contribution in [0, 0.1) is 0 Å². The number of rotatable bonds is 4. The van der Waals surface area contributed by atoms with Crippen LogP contribution in [0.5, 0.6) is 23.0 Å². The molecule has 2 aromatic rings. The lowest BCUT2D eigenvalue weighted by molar-refractivity contribution is 0.174. The number of halogens is 1. The Morgan fingerprint density at radius 2 is 2.00 bits per heavy atom. The summed E-state index contributed by atoms with van der Waals surface area (Å²) in [5.41, 5.74) is 1.42. The molecule has 0 saturated carbocycles. The van der Waals surface area contributed by atoms with Crippen molar-refractivity contribution in [2.75, 3.05) is 19.2 Å². The van der Waals surface area contributed by atoms with E-state index in [-0.39, 0.29) is 12.5 Å². The molecule has 6 heteroatoms. The summed E-state index contributed by atoms with van der Waals surface area (Å²) in [5.74, 6) is 2.03. The molecule has 0 spiro atoms. The fourth-order valence-electron chi connectivity index (χ4n) is 2.07. The number of hydrogen-bond donors (Lipinski definition) is 2. The van der Waals surface area contributed by atoms with Crippen LogP contribution in [0.25, 0.3) is 0 Å². The second-order valence-corrected chi connectivity index (χ2v) is 4.94. The summed E-state index contributed by atoms with van der Waals surface area (Å²) < 4.78 is 15.7. The van der Waals surface area contributed by atoms with E-state index in [1.807, 2.05) is 0 Å². The highest BCUT2D eigenvalue weighted by Crippen LogP contribution is 2.38. The predicted molar refractivity (Wildman–Crippen MR) is 79.6 cm³/mol. The standard InChI is InChI=1S/C15H14ClNO4/c1-19-10-2-3-11(16)12(5-10)17-7-9-4-14-15(6-13(9)18)21-8-20-14/h2-6,17-18H,7-8H2,1H3. The minimum absolute atomic E-state index is 0.144. The molecule has 5 nitrogen and oxygen atoms in total. The second kappa shape index (κ2) is 5.61. The summed E-state index contributed by atoms with van der Waals surface area (Å²) in [5, 5.41) is 13.7. The smallest absolute Gasteiger partial charge is 0.231 e. The fraction of sp³-hybridized carbons (Fsp3) is 0.200. The van der Waals surface area contributed by atoms with Gasteiger partial charge in [-0.3, -0.25) is 0 Å². The molecule has 0 saturated heterocycles. The Hall–Kier alpha value is -2.27. The van der Waals surface area contributed by atoms with Crippen LogP contribution in [0.3, 0.4) is 0 Å². The Bertz CT molecular complexity index is 675. The van der Waals surface area contributed by atoms with E-state index in [0.717, 1.165) is 5.69 Å². The van der Waals surface area contributed by atoms with E-state index in [0.29, 0.717) is 34.4 Å². The van der Waals surface area contributed by atoms with Gasteiger partial charge < -0.3 is 24.6 Å². The van der Waals surface area contributed by atoms with Crippen LogP contribution >= 0.6 is 11.6 Å². The summed E-state index contributed by atoms with van der Waals surface area (Å²) in [4.78, 5) is 0. The lowest BCUT2D eigenvalue weighted by Gasteiger charge is -2.11. The lowest BCUT2D eigenvalue weighted by atomic mass is 10.1. The van der Waals surface area contributed by atoms with Crippen LogP contribution < -0.4 is 19.5 Å². The Labute approximate surface area is 127 Å². The van der Waals surface area contributed by atoms with E-state index in [9.17, 15) is 5.11 Å². The summed E-state index contributed by atoms with van der Waals surface area (Å²) in [6.45, 7) is 0.572. The Balaban J connectivity index is 1.79. The zero-order chi connectivity index (χ0) is 14.8. The molecule has 1 aliphatic heterocycles. The number of phenols is 1. The first-order valence-corrected chi connectivity index (χ1v) is 6.74. The maximum atomic E-state index is 9.99. The molecular weight excluding hydrogens is 294 g/mol. The zero-order valence-corrected chi connectivity index (χ0v) is 12.1. The quantitative estimate of drug-likeness (QED) is 0.906. The molecule has 0 unspecified atom stereocenters. The highest BCUT2D eigenvalue weighted by Gasteiger charge is 2.17. The van der Waals surface area contributed by atoms with E-state index in [4.69, 9.17) is 25.8 Å². The van der Waals surface area contributed by atoms with Crippen LogP contribution in [0.1, 0.15) is 5.56 Å². The number of anilines is 1. The molecule has 0 bridgehead atoms. The molecule has 0 atom stereocenters. The Morgan fingerprint density at radius 1 is 1.24 bits per heavy atom. The van der Waals surface area contributed by atoms with Crippen molar-refractivity contribution in [2.24, 2.45) is 0 Å². The van der Waals surface area contributed by atoms with Gasteiger partial charge in [0.25, 0.3) is 0 Å². The SMILES string of the molecule is COc1ccc(Cl)c(NCc2cc3c(cc2O)OCO3)c1. The van der Waals surface area contributed by atoms with Crippen LogP contribution in [-0.2, 0) is 6.54 Å². The van der Waals surface area contributed by atoms with Crippen LogP contribution in [0.15, 0.2) is 30.3 Å². The van der Waals surface area contributed by atoms with Crippen molar-refractivity contribution in [3.8, 4) is 23.0 Å². The number of nitrogens with one attached hydrogen (secondary N) is 1. The third-order valence-electron chi connectivity index (χ3n) is 3.22. The van der Waals surface area contributed by atoms with Crippen molar-refractivity contribution in [1.82, 2.24) is 0 Å². The maximum Gasteiger partial charge on any atom is 0.231 e. The topological polar surface area (TPSA) is 60.0 Å². The largest absolute Gasteiger partial charge is 0.507 e. The zero-order valence-electron chi connectivity index (χ0n) is 11.4. The van der Waals surface area contributed by atoms with Gasteiger partial charge in [0.2, 0.25) is 6.79 Å². The number of aromatic hydroxyl groups is 1. The van der Waals surface area contributed by atoms with Crippen LogP contribution in [0.2, 0.25) is 5.02 Å². The Morgan fingerprint density at radius 3 is 2.76 bits per heavy atom. The normalized spacial score (nSPS) is 12.3. The van der Waals surface area contributed by atoms with Gasteiger partial charge in [-0.15, -0.1) is 0 Å². The summed E-state index contributed by atoms with van der Waals surface area (Å²) in [6.07, 6.45) is 0. The second-order valence-electron chi connectivity index (χ2n) is 4.53. The number of hydrogen-bond acceptors (Lipinski definition) is 5. The summed E-state index contributed by atoms with van der Waals surface area (Å²) >= 11 is 6.13. The minimum Gasteiger partial charge on any atom is -0.507 e. The average molecular weight is 308 g/mol. The van der Waals surface area contributed by atoms with Crippen molar-refractivity contribution in [3.63, 3.8) is 0 Å². The van der Waals surface area contributed by atoms with E-state index >= 15 is 0 Å². The van der Waals surface area contributed by atoms with E-state index in [2.05, 4.69) is 5.32 Å². The molecule has 0 amide bonds. The van der Waals surface area contributed by atoms with Crippen molar-refractivity contribution in [1.29, 1.82) is 0 Å². The molecule has 2 aromatic carbocycles. The molecule has 1 aliphatic rings. The summed E-state index contributed by atoms with van der Waals surface area (Å²) in [6, 6.07) is 8.63. The minimum atomic E-state index is 0.144. The van der Waals surface area contributed by atoms with Gasteiger partial charge in [0.15, 0.2) is 11.5 Å². The van der Waals surface area contributed by atoms with Crippen molar-refractivity contribution >= 4 is 17.3 Å². The van der Waals surface area contributed by atoms with Crippen LogP contribution in [0.4, 0.5) is 5.69 Å². The fourth-order valence-corrected chi connectivity index (χ4v) is 2.26. The van der Waals surface area contributed by atoms with Crippen molar-refractivity contribution in [3.05, 3.63) is 40.9 Å². The number of benzene rings is 2. The molecular formula is C15H14ClNO4. The molecule has 21 heavy (non-hydrogen) atoms. The third kappa shape index (κ3) is 2.78. The van der Waals surface area contributed by atoms with Crippen molar-refractivity contribution in [2.45, 2.75) is 6.54 Å². The molecule has 1 heterocycles. The first kappa shape index (κ1) is 13.7. The maximum absolute atomic E-state index is 9.99.